The lowest BCUT2D eigenvalue weighted by molar-refractivity contribution is -0.128. The second-order valence-electron chi connectivity index (χ2n) is 5.76. The minimum Gasteiger partial charge on any atom is -0.477 e. The lowest BCUT2D eigenvalue weighted by atomic mass is 10.1. The van der Waals surface area contributed by atoms with Gasteiger partial charge in [-0.05, 0) is 25.5 Å². The second kappa shape index (κ2) is 8.36. The Balaban J connectivity index is 2.21. The maximum absolute atomic E-state index is 12.3. The molecule has 8 heteroatoms. The molecular formula is C17H24N4O4. The van der Waals surface area contributed by atoms with E-state index in [9.17, 15) is 14.4 Å². The van der Waals surface area contributed by atoms with Crippen LogP contribution in [0.3, 0.4) is 0 Å². The summed E-state index contributed by atoms with van der Waals surface area (Å²) in [4.78, 5) is 37.8. The first-order valence-corrected chi connectivity index (χ1v) is 8.30. The largest absolute Gasteiger partial charge is 0.477 e. The Bertz CT molecular complexity index is 649. The molecule has 1 aromatic carbocycles. The van der Waals surface area contributed by atoms with Crippen LogP contribution < -0.4 is 25.6 Å². The number of urea groups is 1. The summed E-state index contributed by atoms with van der Waals surface area (Å²) in [5.41, 5.74) is 0.710. The van der Waals surface area contributed by atoms with Crippen LogP contribution in [-0.4, -0.2) is 50.1 Å². The Morgan fingerprint density at radius 1 is 1.32 bits per heavy atom. The molecule has 8 nitrogen and oxygen atoms in total. The number of carbonyl (C=O) groups excluding carboxylic acids is 3. The van der Waals surface area contributed by atoms with E-state index in [2.05, 4.69) is 16.0 Å². The van der Waals surface area contributed by atoms with Crippen LogP contribution in [0.15, 0.2) is 24.3 Å². The zero-order chi connectivity index (χ0) is 18.4. The van der Waals surface area contributed by atoms with Gasteiger partial charge in [-0.2, -0.15) is 0 Å². The Kier molecular flexibility index (Phi) is 6.21. The smallest absolute Gasteiger partial charge is 0.321 e. The molecule has 0 aromatic heterocycles. The van der Waals surface area contributed by atoms with Gasteiger partial charge in [0.25, 0.3) is 5.91 Å². The average Bonchev–Trinajstić information content (AvgIpc) is 2.64. The molecule has 0 bridgehead atoms. The van der Waals surface area contributed by atoms with Crippen LogP contribution in [0, 0.1) is 0 Å². The summed E-state index contributed by atoms with van der Waals surface area (Å²) in [6, 6.07) is 5.98. The molecule has 0 radical (unpaired) electrons. The molecule has 2 rings (SSSR count). The van der Waals surface area contributed by atoms with Gasteiger partial charge in [-0.15, -0.1) is 0 Å². The molecule has 0 fully saturated rings. The zero-order valence-electron chi connectivity index (χ0n) is 14.7. The predicted molar refractivity (Wildman–Crippen MR) is 93.6 cm³/mol. The lowest BCUT2D eigenvalue weighted by Gasteiger charge is -2.38. The molecule has 1 aliphatic heterocycles. The highest BCUT2D eigenvalue weighted by Gasteiger charge is 2.35. The Morgan fingerprint density at radius 2 is 2.04 bits per heavy atom. The highest BCUT2D eigenvalue weighted by molar-refractivity contribution is 5.98. The molecule has 0 saturated carbocycles. The number of rotatable bonds is 5. The number of carbonyl (C=O) groups is 3. The number of anilines is 1. The van der Waals surface area contributed by atoms with Gasteiger partial charge in [-0.3, -0.25) is 14.9 Å². The molecule has 0 aliphatic carbocycles. The SMILES string of the molecule is CCCNC(=O)[C@H]1CN([C@@H](C)C(=O)NC(=O)NC)c2ccccc2O1. The first kappa shape index (κ1) is 18.6. The monoisotopic (exact) mass is 348 g/mol. The molecule has 25 heavy (non-hydrogen) atoms. The number of nitrogens with one attached hydrogen (secondary N) is 3. The Labute approximate surface area is 146 Å². The van der Waals surface area contributed by atoms with E-state index >= 15 is 0 Å². The maximum Gasteiger partial charge on any atom is 0.321 e. The quantitative estimate of drug-likeness (QED) is 0.725. The summed E-state index contributed by atoms with van der Waals surface area (Å²) >= 11 is 0. The van der Waals surface area contributed by atoms with Crippen molar-refractivity contribution in [1.82, 2.24) is 16.0 Å². The van der Waals surface area contributed by atoms with Gasteiger partial charge in [0.15, 0.2) is 6.10 Å². The van der Waals surface area contributed by atoms with E-state index in [1.165, 1.54) is 7.05 Å². The van der Waals surface area contributed by atoms with Crippen LogP contribution in [0.5, 0.6) is 5.75 Å². The normalized spacial score (nSPS) is 16.9. The van der Waals surface area contributed by atoms with Gasteiger partial charge in [0.2, 0.25) is 5.91 Å². The maximum atomic E-state index is 12.3. The minimum absolute atomic E-state index is 0.217. The highest BCUT2D eigenvalue weighted by Crippen LogP contribution is 2.34. The van der Waals surface area contributed by atoms with E-state index in [0.29, 0.717) is 18.0 Å². The number of amides is 4. The molecule has 3 N–H and O–H groups in total. The number of nitrogens with zero attached hydrogens (tertiary/aromatic N) is 1. The van der Waals surface area contributed by atoms with Crippen LogP contribution >= 0.6 is 0 Å². The predicted octanol–water partition coefficient (Wildman–Crippen LogP) is 0.624. The molecule has 1 aromatic rings. The summed E-state index contributed by atoms with van der Waals surface area (Å²) in [7, 11) is 1.44. The van der Waals surface area contributed by atoms with Gasteiger partial charge in [-0.1, -0.05) is 19.1 Å². The molecule has 1 aliphatic rings. The van der Waals surface area contributed by atoms with E-state index in [-0.39, 0.29) is 12.5 Å². The topological polar surface area (TPSA) is 99.8 Å². The van der Waals surface area contributed by atoms with Gasteiger partial charge in [0, 0.05) is 13.6 Å². The highest BCUT2D eigenvalue weighted by atomic mass is 16.5. The average molecular weight is 348 g/mol. The van der Waals surface area contributed by atoms with E-state index in [0.717, 1.165) is 6.42 Å². The van der Waals surface area contributed by atoms with Crippen molar-refractivity contribution in [2.45, 2.75) is 32.4 Å². The molecule has 1 heterocycles. The van der Waals surface area contributed by atoms with Crippen molar-refractivity contribution < 1.29 is 19.1 Å². The second-order valence-corrected chi connectivity index (χ2v) is 5.76. The van der Waals surface area contributed by atoms with Crippen molar-refractivity contribution in [3.05, 3.63) is 24.3 Å². The summed E-state index contributed by atoms with van der Waals surface area (Å²) in [6.07, 6.45) is 0.0978. The van der Waals surface area contributed by atoms with Gasteiger partial charge >= 0.3 is 6.03 Å². The van der Waals surface area contributed by atoms with Crippen molar-refractivity contribution in [2.75, 3.05) is 25.0 Å². The number of hydrogen-bond donors (Lipinski definition) is 3. The summed E-state index contributed by atoms with van der Waals surface area (Å²) in [6.45, 7) is 4.43. The van der Waals surface area contributed by atoms with E-state index in [4.69, 9.17) is 4.74 Å². The third-order valence-electron chi connectivity index (χ3n) is 3.96. The van der Waals surface area contributed by atoms with Crippen LogP contribution in [0.2, 0.25) is 0 Å². The molecule has 0 saturated heterocycles. The minimum atomic E-state index is -0.725. The fourth-order valence-corrected chi connectivity index (χ4v) is 2.55. The first-order valence-electron chi connectivity index (χ1n) is 8.30. The van der Waals surface area contributed by atoms with Crippen LogP contribution in [0.25, 0.3) is 0 Å². The number of fused-ring (bicyclic) bond motifs is 1. The van der Waals surface area contributed by atoms with E-state index in [1.54, 1.807) is 24.0 Å². The van der Waals surface area contributed by atoms with E-state index in [1.807, 2.05) is 19.1 Å². The van der Waals surface area contributed by atoms with Crippen molar-refractivity contribution in [3.63, 3.8) is 0 Å². The van der Waals surface area contributed by atoms with Gasteiger partial charge in [0.05, 0.1) is 12.2 Å². The first-order chi connectivity index (χ1) is 12.0. The molecule has 4 amide bonds. The van der Waals surface area contributed by atoms with Crippen molar-refractivity contribution in [3.8, 4) is 5.75 Å². The molecule has 2 atom stereocenters. The fraction of sp³-hybridized carbons (Fsp3) is 0.471. The zero-order valence-corrected chi connectivity index (χ0v) is 14.7. The third kappa shape index (κ3) is 4.40. The van der Waals surface area contributed by atoms with Gasteiger partial charge < -0.3 is 20.3 Å². The molecule has 0 spiro atoms. The molecule has 0 unspecified atom stereocenters. The van der Waals surface area contributed by atoms with Crippen molar-refractivity contribution in [1.29, 1.82) is 0 Å². The van der Waals surface area contributed by atoms with Crippen molar-refractivity contribution in [2.24, 2.45) is 0 Å². The number of hydrogen-bond acceptors (Lipinski definition) is 5. The number of para-hydroxylation sites is 2. The molecule has 136 valence electrons. The van der Waals surface area contributed by atoms with Crippen LogP contribution in [0.1, 0.15) is 20.3 Å². The van der Waals surface area contributed by atoms with Crippen LogP contribution in [-0.2, 0) is 9.59 Å². The Morgan fingerprint density at radius 3 is 2.72 bits per heavy atom. The summed E-state index contributed by atoms with van der Waals surface area (Å²) < 4.78 is 5.79. The number of imide groups is 1. The third-order valence-corrected chi connectivity index (χ3v) is 3.96. The molecular weight excluding hydrogens is 324 g/mol. The van der Waals surface area contributed by atoms with Crippen molar-refractivity contribution >= 4 is 23.5 Å². The lowest BCUT2D eigenvalue weighted by Crippen LogP contribution is -2.56. The van der Waals surface area contributed by atoms with E-state index < -0.39 is 24.1 Å². The number of benzene rings is 1. The summed E-state index contributed by atoms with van der Waals surface area (Å²) in [5.74, 6) is -0.144. The van der Waals surface area contributed by atoms with Crippen LogP contribution in [0.4, 0.5) is 10.5 Å². The number of ether oxygens (including phenoxy) is 1. The Hall–Kier alpha value is -2.77. The van der Waals surface area contributed by atoms with Gasteiger partial charge in [-0.25, -0.2) is 4.79 Å². The fourth-order valence-electron chi connectivity index (χ4n) is 2.55. The van der Waals surface area contributed by atoms with Gasteiger partial charge in [0.1, 0.15) is 11.8 Å². The standard InChI is InChI=1S/C17H24N4O4/c1-4-9-19-16(23)14-10-21(11(2)15(22)20-17(24)18-3)12-7-5-6-8-13(12)25-14/h5-8,11,14H,4,9-10H2,1-3H3,(H,19,23)(H2,18,20,22,24)/t11-,14+/m0/s1. The summed E-state index contributed by atoms with van der Waals surface area (Å²) in [5, 5.41) is 7.42.